The molecule has 2 unspecified atom stereocenters. The van der Waals surface area contributed by atoms with Gasteiger partial charge in [0.05, 0.1) is 17.8 Å². The normalized spacial score (nSPS) is 21.5. The molecule has 1 saturated carbocycles. The number of ether oxygens (including phenoxy) is 1. The molecule has 3 N–H and O–H groups in total. The zero-order valence-electron chi connectivity index (χ0n) is 11.7. The van der Waals surface area contributed by atoms with Crippen LogP contribution in [0.25, 0.3) is 0 Å². The van der Waals surface area contributed by atoms with E-state index in [9.17, 15) is 23.1 Å². The average molecular weight is 318 g/mol. The summed E-state index contributed by atoms with van der Waals surface area (Å²) in [5, 5.41) is 14.6. The first-order valence-corrected chi connectivity index (χ1v) is 6.95. The van der Waals surface area contributed by atoms with Crippen LogP contribution in [0.5, 0.6) is 5.75 Å². The summed E-state index contributed by atoms with van der Waals surface area (Å²) in [6.45, 7) is -3.09. The lowest BCUT2D eigenvalue weighted by Gasteiger charge is -2.28. The summed E-state index contributed by atoms with van der Waals surface area (Å²) in [4.78, 5) is 11.9. The summed E-state index contributed by atoms with van der Waals surface area (Å²) in [5.41, 5.74) is -0.205. The molecule has 8 heteroatoms. The molecule has 5 nitrogen and oxygen atoms in total. The minimum absolute atomic E-state index is 0.205. The van der Waals surface area contributed by atoms with Crippen LogP contribution in [0.4, 0.5) is 23.7 Å². The van der Waals surface area contributed by atoms with Crippen molar-refractivity contribution >= 4 is 11.7 Å². The van der Waals surface area contributed by atoms with Gasteiger partial charge in [-0.3, -0.25) is 0 Å². The highest BCUT2D eigenvalue weighted by atomic mass is 19.3. The molecular weight excluding hydrogens is 301 g/mol. The number of carbonyl (C=O) groups excluding carboxylic acids is 1. The van der Waals surface area contributed by atoms with E-state index in [1.54, 1.807) is 0 Å². The van der Waals surface area contributed by atoms with E-state index in [1.807, 2.05) is 0 Å². The second-order valence-electron chi connectivity index (χ2n) is 5.08. The van der Waals surface area contributed by atoms with Crippen LogP contribution >= 0.6 is 0 Å². The van der Waals surface area contributed by atoms with Crippen molar-refractivity contribution in [3.05, 3.63) is 24.0 Å². The Morgan fingerprint density at radius 2 is 2.05 bits per heavy atom. The van der Waals surface area contributed by atoms with Gasteiger partial charge in [-0.1, -0.05) is 12.8 Å². The molecule has 122 valence electrons. The Morgan fingerprint density at radius 3 is 2.73 bits per heavy atom. The fourth-order valence-corrected chi connectivity index (χ4v) is 2.41. The van der Waals surface area contributed by atoms with Crippen molar-refractivity contribution in [2.75, 3.05) is 5.32 Å². The fraction of sp³-hybridized carbons (Fsp3) is 0.500. The highest BCUT2D eigenvalue weighted by Crippen LogP contribution is 2.27. The summed E-state index contributed by atoms with van der Waals surface area (Å²) < 4.78 is 42.0. The molecular formula is C14H17F3N2O3. The van der Waals surface area contributed by atoms with Crippen LogP contribution in [0.15, 0.2) is 18.2 Å². The lowest BCUT2D eigenvalue weighted by atomic mass is 9.93. The van der Waals surface area contributed by atoms with E-state index in [0.29, 0.717) is 12.8 Å². The Bertz CT molecular complexity index is 528. The minimum Gasteiger partial charge on any atom is -0.433 e. The minimum atomic E-state index is -3.09. The van der Waals surface area contributed by atoms with E-state index in [4.69, 9.17) is 0 Å². The Kier molecular flexibility index (Phi) is 5.48. The molecule has 1 aliphatic rings. The highest BCUT2D eigenvalue weighted by Gasteiger charge is 2.25. The van der Waals surface area contributed by atoms with Gasteiger partial charge in [0.1, 0.15) is 11.6 Å². The molecule has 1 aliphatic carbocycles. The largest absolute Gasteiger partial charge is 0.433 e. The van der Waals surface area contributed by atoms with E-state index in [2.05, 4.69) is 15.4 Å². The third-order valence-electron chi connectivity index (χ3n) is 3.45. The average Bonchev–Trinajstić information content (AvgIpc) is 2.44. The van der Waals surface area contributed by atoms with Gasteiger partial charge in [-0.05, 0) is 25.0 Å². The Hall–Kier alpha value is -1.96. The summed E-state index contributed by atoms with van der Waals surface area (Å²) in [6.07, 6.45) is 2.32. The van der Waals surface area contributed by atoms with Gasteiger partial charge in [-0.15, -0.1) is 0 Å². The molecule has 0 bridgehead atoms. The molecule has 0 aromatic heterocycles. The van der Waals surface area contributed by atoms with Crippen LogP contribution in [0.2, 0.25) is 0 Å². The van der Waals surface area contributed by atoms with E-state index >= 15 is 0 Å². The molecule has 22 heavy (non-hydrogen) atoms. The van der Waals surface area contributed by atoms with Gasteiger partial charge < -0.3 is 20.5 Å². The number of alkyl halides is 2. The maximum atomic E-state index is 13.2. The molecule has 0 heterocycles. The number of amides is 2. The van der Waals surface area contributed by atoms with E-state index in [0.717, 1.165) is 31.0 Å². The van der Waals surface area contributed by atoms with Crippen molar-refractivity contribution in [3.8, 4) is 5.75 Å². The van der Waals surface area contributed by atoms with Gasteiger partial charge in [0.2, 0.25) is 0 Å². The molecule has 2 rings (SSSR count). The number of nitrogens with one attached hydrogen (secondary N) is 2. The van der Waals surface area contributed by atoms with Crippen LogP contribution in [-0.2, 0) is 0 Å². The van der Waals surface area contributed by atoms with Gasteiger partial charge in [0, 0.05) is 6.07 Å². The SMILES string of the molecule is O=C(Nc1cc(F)ccc1OC(F)F)NC1CCCCC1O. The predicted molar refractivity (Wildman–Crippen MR) is 73.4 cm³/mol. The van der Waals surface area contributed by atoms with Gasteiger partial charge in [0.15, 0.2) is 0 Å². The summed E-state index contributed by atoms with van der Waals surface area (Å²) in [5.74, 6) is -1.04. The fourth-order valence-electron chi connectivity index (χ4n) is 2.41. The van der Waals surface area contributed by atoms with Crippen molar-refractivity contribution in [1.29, 1.82) is 0 Å². The smallest absolute Gasteiger partial charge is 0.387 e. The van der Waals surface area contributed by atoms with Crippen LogP contribution in [0.3, 0.4) is 0 Å². The predicted octanol–water partition coefficient (Wildman–Crippen LogP) is 2.85. The molecule has 2 amide bonds. The number of anilines is 1. The summed E-state index contributed by atoms with van der Waals surface area (Å²) in [7, 11) is 0. The number of hydrogen-bond donors (Lipinski definition) is 3. The lowest BCUT2D eigenvalue weighted by molar-refractivity contribution is -0.0494. The highest BCUT2D eigenvalue weighted by molar-refractivity contribution is 5.91. The number of hydrogen-bond acceptors (Lipinski definition) is 3. The number of rotatable bonds is 4. The standard InChI is InChI=1S/C14H17F3N2O3/c15-8-5-6-12(22-13(16)17)10(7-8)19-14(21)18-9-3-1-2-4-11(9)20/h5-7,9,11,13,20H,1-4H2,(H2,18,19,21). The third kappa shape index (κ3) is 4.52. The van der Waals surface area contributed by atoms with Gasteiger partial charge in [-0.25, -0.2) is 9.18 Å². The van der Waals surface area contributed by atoms with E-state index in [1.165, 1.54) is 0 Å². The quantitative estimate of drug-likeness (QED) is 0.799. The zero-order chi connectivity index (χ0) is 16.1. The number of urea groups is 1. The summed E-state index contributed by atoms with van der Waals surface area (Å²) >= 11 is 0. The second kappa shape index (κ2) is 7.35. The lowest BCUT2D eigenvalue weighted by Crippen LogP contribution is -2.46. The third-order valence-corrected chi connectivity index (χ3v) is 3.45. The Morgan fingerprint density at radius 1 is 1.32 bits per heavy atom. The van der Waals surface area contributed by atoms with E-state index < -0.39 is 30.6 Å². The van der Waals surface area contributed by atoms with Crippen LogP contribution in [0.1, 0.15) is 25.7 Å². The first-order chi connectivity index (χ1) is 10.5. The van der Waals surface area contributed by atoms with E-state index in [-0.39, 0.29) is 11.4 Å². The van der Waals surface area contributed by atoms with Crippen molar-refractivity contribution in [3.63, 3.8) is 0 Å². The second-order valence-corrected chi connectivity index (χ2v) is 5.08. The number of aliphatic hydroxyl groups is 1. The molecule has 0 radical (unpaired) electrons. The van der Waals surface area contributed by atoms with Crippen molar-refractivity contribution in [2.24, 2.45) is 0 Å². The molecule has 2 atom stereocenters. The van der Waals surface area contributed by atoms with Crippen molar-refractivity contribution in [1.82, 2.24) is 5.32 Å². The van der Waals surface area contributed by atoms with Gasteiger partial charge in [-0.2, -0.15) is 8.78 Å². The maximum absolute atomic E-state index is 13.2. The zero-order valence-corrected chi connectivity index (χ0v) is 11.7. The molecule has 0 spiro atoms. The first kappa shape index (κ1) is 16.4. The molecule has 1 aromatic rings. The number of halogens is 3. The summed E-state index contributed by atoms with van der Waals surface area (Å²) in [6, 6.07) is 1.71. The number of aliphatic hydroxyl groups excluding tert-OH is 1. The van der Waals surface area contributed by atoms with Crippen LogP contribution in [0, 0.1) is 5.82 Å². The molecule has 0 saturated heterocycles. The van der Waals surface area contributed by atoms with Gasteiger partial charge in [0.25, 0.3) is 0 Å². The number of benzene rings is 1. The van der Waals surface area contributed by atoms with Crippen LogP contribution < -0.4 is 15.4 Å². The molecule has 1 fully saturated rings. The first-order valence-electron chi connectivity index (χ1n) is 6.95. The Labute approximate surface area is 125 Å². The maximum Gasteiger partial charge on any atom is 0.387 e. The molecule has 1 aromatic carbocycles. The monoisotopic (exact) mass is 318 g/mol. The topological polar surface area (TPSA) is 70.6 Å². The molecule has 0 aliphatic heterocycles. The van der Waals surface area contributed by atoms with Crippen LogP contribution in [-0.4, -0.2) is 29.9 Å². The Balaban J connectivity index is 2.02. The van der Waals surface area contributed by atoms with Gasteiger partial charge >= 0.3 is 12.6 Å². The number of carbonyl (C=O) groups is 1. The van der Waals surface area contributed by atoms with Crippen molar-refractivity contribution < 1.29 is 27.8 Å². The van der Waals surface area contributed by atoms with Crippen molar-refractivity contribution in [2.45, 2.75) is 44.4 Å².